The van der Waals surface area contributed by atoms with Gasteiger partial charge in [-0.25, -0.2) is 14.3 Å². The van der Waals surface area contributed by atoms with Gasteiger partial charge < -0.3 is 20.1 Å². The Kier molecular flexibility index (Phi) is 4.49. The number of carbonyl (C=O) groups is 1. The number of fused-ring (bicyclic) bond motifs is 1. The fourth-order valence-corrected chi connectivity index (χ4v) is 2.31. The van der Waals surface area contributed by atoms with Crippen molar-refractivity contribution in [3.05, 3.63) is 34.5 Å². The van der Waals surface area contributed by atoms with E-state index in [1.54, 1.807) is 18.2 Å². The molecule has 0 unspecified atom stereocenters. The van der Waals surface area contributed by atoms with E-state index in [0.717, 1.165) is 7.05 Å². The van der Waals surface area contributed by atoms with Gasteiger partial charge in [0.25, 0.3) is 0 Å². The molecule has 1 aliphatic rings. The summed E-state index contributed by atoms with van der Waals surface area (Å²) in [4.78, 5) is 23.6. The SMILES string of the molecule is Cn1c(C(F)(F)F)nn(CCNC(=O)Nc2ccc3c(c2)OCO3)c1=O. The number of halogens is 3. The van der Waals surface area contributed by atoms with Crippen molar-refractivity contribution in [2.45, 2.75) is 12.7 Å². The van der Waals surface area contributed by atoms with E-state index < -0.39 is 23.7 Å². The van der Waals surface area contributed by atoms with Gasteiger partial charge in [-0.2, -0.15) is 13.2 Å². The predicted molar refractivity (Wildman–Crippen MR) is 82.1 cm³/mol. The molecule has 0 saturated carbocycles. The fraction of sp³-hybridized carbons (Fsp3) is 0.357. The van der Waals surface area contributed by atoms with Crippen LogP contribution in [0.1, 0.15) is 5.82 Å². The number of nitrogens with one attached hydrogen (secondary N) is 2. The number of hydrogen-bond acceptors (Lipinski definition) is 5. The first-order valence-electron chi connectivity index (χ1n) is 7.41. The molecule has 0 bridgehead atoms. The average Bonchev–Trinajstić information content (AvgIpc) is 3.13. The highest BCUT2D eigenvalue weighted by Crippen LogP contribution is 2.34. The van der Waals surface area contributed by atoms with Crippen LogP contribution in [0, 0.1) is 0 Å². The molecule has 0 atom stereocenters. The van der Waals surface area contributed by atoms with Gasteiger partial charge in [-0.3, -0.25) is 4.57 Å². The second kappa shape index (κ2) is 6.61. The van der Waals surface area contributed by atoms with Crippen LogP contribution in [0.3, 0.4) is 0 Å². The summed E-state index contributed by atoms with van der Waals surface area (Å²) in [5.41, 5.74) is -0.476. The molecule has 1 aromatic heterocycles. The number of carbonyl (C=O) groups excluding carboxylic acids is 1. The van der Waals surface area contributed by atoms with Crippen molar-refractivity contribution in [3.8, 4) is 11.5 Å². The van der Waals surface area contributed by atoms with Crippen LogP contribution >= 0.6 is 0 Å². The Balaban J connectivity index is 1.55. The molecule has 2 amide bonds. The van der Waals surface area contributed by atoms with Gasteiger partial charge in [-0.1, -0.05) is 0 Å². The van der Waals surface area contributed by atoms with Crippen LogP contribution in [0.2, 0.25) is 0 Å². The molecule has 0 radical (unpaired) electrons. The van der Waals surface area contributed by atoms with Gasteiger partial charge >= 0.3 is 17.9 Å². The van der Waals surface area contributed by atoms with Crippen molar-refractivity contribution in [3.63, 3.8) is 0 Å². The van der Waals surface area contributed by atoms with Crippen molar-refractivity contribution in [2.75, 3.05) is 18.7 Å². The first kappa shape index (κ1) is 17.6. The summed E-state index contributed by atoms with van der Waals surface area (Å²) in [6, 6.07) is 4.21. The normalized spacial score (nSPS) is 12.9. The second-order valence-corrected chi connectivity index (χ2v) is 5.34. The molecule has 2 N–H and O–H groups in total. The molecule has 0 saturated heterocycles. The summed E-state index contributed by atoms with van der Waals surface area (Å²) >= 11 is 0. The second-order valence-electron chi connectivity index (χ2n) is 5.34. The molecule has 0 spiro atoms. The Bertz CT molecular complexity index is 890. The van der Waals surface area contributed by atoms with Crippen LogP contribution in [-0.4, -0.2) is 33.7 Å². The third-order valence-electron chi connectivity index (χ3n) is 3.53. The van der Waals surface area contributed by atoms with Gasteiger partial charge in [-0.05, 0) is 12.1 Å². The molecular formula is C14H14F3N5O4. The van der Waals surface area contributed by atoms with Crippen LogP contribution in [0.15, 0.2) is 23.0 Å². The topological polar surface area (TPSA) is 99.4 Å². The van der Waals surface area contributed by atoms with E-state index in [1.165, 1.54) is 0 Å². The lowest BCUT2D eigenvalue weighted by molar-refractivity contribution is -0.147. The molecule has 12 heteroatoms. The van der Waals surface area contributed by atoms with Crippen molar-refractivity contribution in [1.29, 1.82) is 0 Å². The Labute approximate surface area is 144 Å². The average molecular weight is 373 g/mol. The quantitative estimate of drug-likeness (QED) is 0.838. The lowest BCUT2D eigenvalue weighted by Crippen LogP contribution is -2.34. The predicted octanol–water partition coefficient (Wildman–Crippen LogP) is 1.15. The summed E-state index contributed by atoms with van der Waals surface area (Å²) in [5, 5.41) is 8.21. The third kappa shape index (κ3) is 3.58. The zero-order chi connectivity index (χ0) is 18.9. The Morgan fingerprint density at radius 2 is 2.04 bits per heavy atom. The summed E-state index contributed by atoms with van der Waals surface area (Å²) in [6.45, 7) is -0.203. The van der Waals surface area contributed by atoms with E-state index in [1.807, 2.05) is 0 Å². The number of urea groups is 1. The third-order valence-corrected chi connectivity index (χ3v) is 3.53. The smallest absolute Gasteiger partial charge is 0.451 e. The summed E-state index contributed by atoms with van der Waals surface area (Å²) in [7, 11) is 0.981. The molecule has 1 aromatic carbocycles. The van der Waals surface area contributed by atoms with Crippen LogP contribution in [0.5, 0.6) is 11.5 Å². The summed E-state index contributed by atoms with van der Waals surface area (Å²) in [6.07, 6.45) is -4.73. The van der Waals surface area contributed by atoms with Crippen LogP contribution in [-0.2, 0) is 19.8 Å². The number of nitrogens with zero attached hydrogens (tertiary/aromatic N) is 3. The standard InChI is InChI=1S/C14H14F3N5O4/c1-21-11(14(15,16)17)20-22(13(21)24)5-4-18-12(23)19-8-2-3-9-10(6-8)26-7-25-9/h2-3,6H,4-5,7H2,1H3,(H2,18,19,23). The number of amides is 2. The number of aromatic nitrogens is 3. The van der Waals surface area contributed by atoms with Crippen molar-refractivity contribution in [1.82, 2.24) is 19.7 Å². The van der Waals surface area contributed by atoms with E-state index in [4.69, 9.17) is 9.47 Å². The largest absolute Gasteiger partial charge is 0.454 e. The number of rotatable bonds is 4. The Hall–Kier alpha value is -3.18. The Morgan fingerprint density at radius 3 is 2.73 bits per heavy atom. The molecule has 2 heterocycles. The van der Waals surface area contributed by atoms with Crippen molar-refractivity contribution in [2.24, 2.45) is 7.05 Å². The van der Waals surface area contributed by atoms with Gasteiger partial charge in [0.15, 0.2) is 11.5 Å². The first-order valence-corrected chi connectivity index (χ1v) is 7.41. The molecule has 140 valence electrons. The number of ether oxygens (including phenoxy) is 2. The molecule has 0 aliphatic carbocycles. The van der Waals surface area contributed by atoms with Crippen LogP contribution in [0.4, 0.5) is 23.7 Å². The van der Waals surface area contributed by atoms with Gasteiger partial charge in [0.05, 0.1) is 6.54 Å². The number of hydrogen-bond donors (Lipinski definition) is 2. The summed E-state index contributed by atoms with van der Waals surface area (Å²) < 4.78 is 49.5. The minimum atomic E-state index is -4.73. The van der Waals surface area contributed by atoms with Crippen molar-refractivity contribution >= 4 is 11.7 Å². The Morgan fingerprint density at radius 1 is 1.31 bits per heavy atom. The van der Waals surface area contributed by atoms with Gasteiger partial charge in [-0.15, -0.1) is 5.10 Å². The van der Waals surface area contributed by atoms with Crippen LogP contribution < -0.4 is 25.8 Å². The van der Waals surface area contributed by atoms with E-state index in [-0.39, 0.29) is 19.9 Å². The van der Waals surface area contributed by atoms with Crippen molar-refractivity contribution < 1.29 is 27.4 Å². The molecule has 9 nitrogen and oxygen atoms in total. The van der Waals surface area contributed by atoms with E-state index in [2.05, 4.69) is 15.7 Å². The zero-order valence-corrected chi connectivity index (χ0v) is 13.5. The maximum absolute atomic E-state index is 12.7. The molecule has 2 aromatic rings. The minimum Gasteiger partial charge on any atom is -0.454 e. The number of alkyl halides is 3. The highest BCUT2D eigenvalue weighted by molar-refractivity contribution is 5.89. The molecule has 26 heavy (non-hydrogen) atoms. The lowest BCUT2D eigenvalue weighted by atomic mass is 10.3. The highest BCUT2D eigenvalue weighted by atomic mass is 19.4. The maximum atomic E-state index is 12.7. The van der Waals surface area contributed by atoms with Crippen LogP contribution in [0.25, 0.3) is 0 Å². The highest BCUT2D eigenvalue weighted by Gasteiger charge is 2.37. The molecule has 0 fully saturated rings. The minimum absolute atomic E-state index is 0.0927. The first-order chi connectivity index (χ1) is 12.3. The van der Waals surface area contributed by atoms with Gasteiger partial charge in [0, 0.05) is 25.3 Å². The summed E-state index contributed by atoms with van der Waals surface area (Å²) in [5.74, 6) is -0.249. The van der Waals surface area contributed by atoms with E-state index in [0.29, 0.717) is 26.4 Å². The van der Waals surface area contributed by atoms with Gasteiger partial charge in [0.1, 0.15) is 0 Å². The maximum Gasteiger partial charge on any atom is 0.451 e. The number of anilines is 1. The number of benzene rings is 1. The van der Waals surface area contributed by atoms with E-state index in [9.17, 15) is 22.8 Å². The monoisotopic (exact) mass is 373 g/mol. The van der Waals surface area contributed by atoms with E-state index >= 15 is 0 Å². The molecule has 1 aliphatic heterocycles. The fourth-order valence-electron chi connectivity index (χ4n) is 2.31. The van der Waals surface area contributed by atoms with Gasteiger partial charge in [0.2, 0.25) is 12.6 Å². The zero-order valence-electron chi connectivity index (χ0n) is 13.5. The lowest BCUT2D eigenvalue weighted by Gasteiger charge is -2.08. The molecular weight excluding hydrogens is 359 g/mol. The molecule has 3 rings (SSSR count).